The van der Waals surface area contributed by atoms with E-state index in [-0.39, 0.29) is 32.1 Å². The average molecular weight is 844 g/mol. The first-order valence-electron chi connectivity index (χ1n) is 21.8. The largest absolute Gasteiger partial charge is 0.480 e. The van der Waals surface area contributed by atoms with E-state index in [1.165, 1.54) is 57.8 Å². The third-order valence-corrected chi connectivity index (χ3v) is 10.2. The van der Waals surface area contributed by atoms with E-state index in [0.717, 1.165) is 51.4 Å². The van der Waals surface area contributed by atoms with Crippen LogP contribution in [0.25, 0.3) is 0 Å². The number of carboxylic acid groups (broad SMARTS) is 1. The lowest BCUT2D eigenvalue weighted by Crippen LogP contribution is -2.34. The van der Waals surface area contributed by atoms with Crippen molar-refractivity contribution in [3.63, 3.8) is 0 Å². The van der Waals surface area contributed by atoms with Crippen LogP contribution in [0, 0.1) is 0 Å². The molecule has 0 aromatic heterocycles. The topological polar surface area (TPSA) is 212 Å². The fraction of sp³-hybridized carbons (Fsp3) is 0.750. The van der Waals surface area contributed by atoms with Gasteiger partial charge in [0, 0.05) is 12.8 Å². The Morgan fingerprint density at radius 2 is 1.09 bits per heavy atom. The second kappa shape index (κ2) is 38.6. The molecular weight excluding hydrogens is 765 g/mol. The first kappa shape index (κ1) is 55.4. The highest BCUT2D eigenvalue weighted by atomic mass is 31.2. The fourth-order valence-electron chi connectivity index (χ4n) is 5.63. The third-order valence-electron chi connectivity index (χ3n) is 9.25. The van der Waals surface area contributed by atoms with Gasteiger partial charge >= 0.3 is 25.7 Å². The third kappa shape index (κ3) is 36.4. The van der Waals surface area contributed by atoms with Crippen molar-refractivity contribution in [1.82, 2.24) is 0 Å². The second-order valence-electron chi connectivity index (χ2n) is 14.8. The van der Waals surface area contributed by atoms with Crippen LogP contribution in [0.5, 0.6) is 0 Å². The van der Waals surface area contributed by atoms with Crippen LogP contribution in [0.4, 0.5) is 0 Å². The van der Waals surface area contributed by atoms with Crippen molar-refractivity contribution in [1.29, 1.82) is 0 Å². The van der Waals surface area contributed by atoms with E-state index < -0.39 is 69.9 Å². The van der Waals surface area contributed by atoms with Crippen LogP contribution in [-0.2, 0) is 37.5 Å². The Balaban J connectivity index is 4.64. The van der Waals surface area contributed by atoms with Gasteiger partial charge in [-0.2, -0.15) is 0 Å². The van der Waals surface area contributed by atoms with Crippen LogP contribution in [0.15, 0.2) is 48.6 Å². The van der Waals surface area contributed by atoms with E-state index in [1.54, 1.807) is 6.08 Å². The first-order chi connectivity index (χ1) is 27.9. The normalized spacial score (nSPS) is 15.3. The number of hydrogen-bond donors (Lipinski definition) is 5. The van der Waals surface area contributed by atoms with E-state index in [0.29, 0.717) is 12.8 Å². The van der Waals surface area contributed by atoms with Crippen LogP contribution in [0.1, 0.15) is 168 Å². The molecule has 0 aliphatic heterocycles. The molecule has 13 nitrogen and oxygen atoms in total. The minimum Gasteiger partial charge on any atom is -0.480 e. The van der Waals surface area contributed by atoms with Gasteiger partial charge in [0.2, 0.25) is 0 Å². The zero-order chi connectivity index (χ0) is 43.1. The average Bonchev–Trinajstić information content (AvgIpc) is 3.19. The number of hydrogen-bond acceptors (Lipinski definition) is 11. The van der Waals surface area contributed by atoms with Gasteiger partial charge in [-0.1, -0.05) is 127 Å². The van der Waals surface area contributed by atoms with E-state index in [4.69, 9.17) is 24.8 Å². The number of allylic oxidation sites excluding steroid dienone is 7. The maximum absolute atomic E-state index is 12.7. The molecule has 0 saturated carbocycles. The zero-order valence-corrected chi connectivity index (χ0v) is 36.5. The molecule has 0 aromatic rings. The zero-order valence-electron chi connectivity index (χ0n) is 35.6. The lowest BCUT2D eigenvalue weighted by Gasteiger charge is -2.20. The maximum atomic E-state index is 12.7. The van der Waals surface area contributed by atoms with Gasteiger partial charge in [-0.15, -0.1) is 0 Å². The number of phosphoric ester groups is 1. The number of unbranched alkanes of at least 4 members (excludes halogenated alkanes) is 14. The molecule has 0 aliphatic rings. The standard InChI is InChI=1S/C44H78NO12P/c1-3-5-7-9-11-13-15-17-18-19-21-23-25-27-29-33-42(48)54-35-38(36-55-58(52,53)56-37-39(45)44(50)51)57-43(49)34-30-32-41(47)40(46)31-28-26-24-22-20-16-14-12-10-8-6-4-2/h12,14,17-18,20,22,26,28,38-41,46-47H,3-11,13,15-16,19,21,23-25,27,29-37,45H2,1-2H3,(H,50,51)(H,52,53)/b14-12-,18-17-,22-20-,28-26-/t38-,39+,40?,41?/m1/s1. The molecule has 0 rings (SSSR count). The van der Waals surface area contributed by atoms with Crippen molar-refractivity contribution in [3.8, 4) is 0 Å². The highest BCUT2D eigenvalue weighted by Gasteiger charge is 2.28. The SMILES string of the molecule is CCCCC/C=C\C/C=C\C/C=C\CC(O)C(O)CCCC(=O)O[C@H](COC(=O)CCCCCCC/C=C\CCCCCCCC)COP(=O)(O)OC[C@H](N)C(=O)O. The smallest absolute Gasteiger partial charge is 0.472 e. The summed E-state index contributed by atoms with van der Waals surface area (Å²) in [7, 11) is -4.80. The Morgan fingerprint density at radius 1 is 0.603 bits per heavy atom. The Morgan fingerprint density at radius 3 is 1.71 bits per heavy atom. The van der Waals surface area contributed by atoms with E-state index in [1.807, 2.05) is 12.2 Å². The van der Waals surface area contributed by atoms with Crippen LogP contribution < -0.4 is 5.73 Å². The Bertz CT molecular complexity index is 1210. The minimum atomic E-state index is -4.80. The molecule has 0 bridgehead atoms. The molecule has 0 fully saturated rings. The molecular formula is C44H78NO12P. The van der Waals surface area contributed by atoms with Gasteiger partial charge < -0.3 is 35.4 Å². The fourth-order valence-corrected chi connectivity index (χ4v) is 6.41. The quantitative estimate of drug-likeness (QED) is 0.0169. The number of phosphoric acid groups is 1. The summed E-state index contributed by atoms with van der Waals surface area (Å²) < 4.78 is 32.5. The van der Waals surface area contributed by atoms with Gasteiger partial charge in [0.05, 0.1) is 25.4 Å². The van der Waals surface area contributed by atoms with Crippen molar-refractivity contribution in [3.05, 3.63) is 48.6 Å². The number of ether oxygens (including phenoxy) is 2. The summed E-state index contributed by atoms with van der Waals surface area (Å²) >= 11 is 0. The Labute approximate surface area is 349 Å². The molecule has 3 unspecified atom stereocenters. The predicted molar refractivity (Wildman–Crippen MR) is 229 cm³/mol. The first-order valence-corrected chi connectivity index (χ1v) is 23.3. The summed E-state index contributed by atoms with van der Waals surface area (Å²) in [5, 5.41) is 29.6. The monoisotopic (exact) mass is 844 g/mol. The molecule has 336 valence electrons. The molecule has 0 amide bonds. The molecule has 14 heteroatoms. The van der Waals surface area contributed by atoms with Crippen molar-refractivity contribution < 1.29 is 57.7 Å². The number of carbonyl (C=O) groups is 3. The Kier molecular flexibility index (Phi) is 36.8. The van der Waals surface area contributed by atoms with E-state index in [9.17, 15) is 34.1 Å². The summed E-state index contributed by atoms with van der Waals surface area (Å²) in [4.78, 5) is 46.0. The van der Waals surface area contributed by atoms with Crippen LogP contribution in [-0.4, -0.2) is 82.3 Å². The number of rotatable bonds is 40. The summed E-state index contributed by atoms with van der Waals surface area (Å²) in [5.74, 6) is -2.71. The number of aliphatic hydroxyl groups excluding tert-OH is 2. The molecule has 58 heavy (non-hydrogen) atoms. The number of aliphatic carboxylic acids is 1. The van der Waals surface area contributed by atoms with Gasteiger partial charge in [0.25, 0.3) is 0 Å². The van der Waals surface area contributed by atoms with Gasteiger partial charge in [0.15, 0.2) is 6.10 Å². The molecule has 0 heterocycles. The summed E-state index contributed by atoms with van der Waals surface area (Å²) in [5.41, 5.74) is 5.31. The van der Waals surface area contributed by atoms with Gasteiger partial charge in [-0.25, -0.2) is 4.57 Å². The molecule has 0 spiro atoms. The summed E-state index contributed by atoms with van der Waals surface area (Å²) in [6, 6.07) is -1.57. The number of esters is 2. The highest BCUT2D eigenvalue weighted by Crippen LogP contribution is 2.43. The number of carbonyl (C=O) groups excluding carboxylic acids is 2. The van der Waals surface area contributed by atoms with Crippen molar-refractivity contribution in [2.45, 2.75) is 192 Å². The van der Waals surface area contributed by atoms with Crippen molar-refractivity contribution >= 4 is 25.7 Å². The number of aliphatic hydroxyl groups is 2. The van der Waals surface area contributed by atoms with Gasteiger partial charge in [-0.3, -0.25) is 23.4 Å². The molecule has 0 aromatic carbocycles. The number of nitrogens with two attached hydrogens (primary N) is 1. The summed E-state index contributed by atoms with van der Waals surface area (Å²) in [6.07, 6.45) is 34.9. The maximum Gasteiger partial charge on any atom is 0.472 e. The van der Waals surface area contributed by atoms with Crippen LogP contribution in [0.2, 0.25) is 0 Å². The Hall–Kier alpha value is -2.64. The van der Waals surface area contributed by atoms with Crippen molar-refractivity contribution in [2.75, 3.05) is 19.8 Å². The van der Waals surface area contributed by atoms with Gasteiger partial charge in [-0.05, 0) is 77.0 Å². The number of carboxylic acids is 1. The highest BCUT2D eigenvalue weighted by molar-refractivity contribution is 7.47. The lowest BCUT2D eigenvalue weighted by molar-refractivity contribution is -0.161. The van der Waals surface area contributed by atoms with Crippen LogP contribution >= 0.6 is 7.82 Å². The lowest BCUT2D eigenvalue weighted by atomic mass is 10.0. The van der Waals surface area contributed by atoms with E-state index >= 15 is 0 Å². The molecule has 6 N–H and O–H groups in total. The van der Waals surface area contributed by atoms with Crippen LogP contribution in [0.3, 0.4) is 0 Å². The predicted octanol–water partition coefficient (Wildman–Crippen LogP) is 9.34. The van der Waals surface area contributed by atoms with Gasteiger partial charge in [0.1, 0.15) is 12.6 Å². The molecule has 0 saturated heterocycles. The molecule has 0 radical (unpaired) electrons. The summed E-state index contributed by atoms with van der Waals surface area (Å²) in [6.45, 7) is 2.46. The van der Waals surface area contributed by atoms with E-state index in [2.05, 4.69) is 48.8 Å². The van der Waals surface area contributed by atoms with Crippen molar-refractivity contribution in [2.24, 2.45) is 5.73 Å². The second-order valence-corrected chi connectivity index (χ2v) is 16.2. The minimum absolute atomic E-state index is 0.115. The molecule has 0 aliphatic carbocycles. The molecule has 5 atom stereocenters.